The third-order valence-electron chi connectivity index (χ3n) is 2.50. The molecule has 4 nitrogen and oxygen atoms in total. The number of thiazole rings is 1. The van der Waals surface area contributed by atoms with E-state index in [2.05, 4.69) is 0 Å². The van der Waals surface area contributed by atoms with Gasteiger partial charge in [0.25, 0.3) is 5.56 Å². The van der Waals surface area contributed by atoms with Crippen molar-refractivity contribution in [1.29, 1.82) is 10.5 Å². The molecule has 0 aliphatic carbocycles. The van der Waals surface area contributed by atoms with Crippen LogP contribution in [0.1, 0.15) is 12.5 Å². The Morgan fingerprint density at radius 2 is 2.21 bits per heavy atom. The van der Waals surface area contributed by atoms with Crippen molar-refractivity contribution in [2.75, 3.05) is 0 Å². The molecule has 0 saturated carbocycles. The standard InChI is InChI=1S/C13H9N3OS2/c1-2-16-12(17)11(5-9-3-4-18-8-9)19-13(16)10(6-14)7-15/h3-5,8H,2H2,1H3. The Labute approximate surface area is 117 Å². The van der Waals surface area contributed by atoms with E-state index >= 15 is 0 Å². The summed E-state index contributed by atoms with van der Waals surface area (Å²) in [5.41, 5.74) is 0.777. The number of thiophene rings is 1. The molecule has 0 aliphatic heterocycles. The fourth-order valence-corrected chi connectivity index (χ4v) is 3.36. The molecule has 0 amide bonds. The number of nitriles is 2. The Bertz CT molecular complexity index is 826. The summed E-state index contributed by atoms with van der Waals surface area (Å²) < 4.78 is 2.43. The minimum Gasteiger partial charge on any atom is -0.298 e. The van der Waals surface area contributed by atoms with Crippen LogP contribution in [0.2, 0.25) is 0 Å². The normalized spacial score (nSPS) is 11.0. The van der Waals surface area contributed by atoms with Crippen LogP contribution in [0, 0.1) is 22.7 Å². The largest absolute Gasteiger partial charge is 0.298 e. The summed E-state index contributed by atoms with van der Waals surface area (Å²) in [6, 6.07) is 5.59. The highest BCUT2D eigenvalue weighted by atomic mass is 32.1. The molecule has 2 aromatic heterocycles. The molecule has 0 aromatic carbocycles. The smallest absolute Gasteiger partial charge is 0.269 e. The average molecular weight is 287 g/mol. The number of hydrogen-bond acceptors (Lipinski definition) is 5. The zero-order valence-electron chi connectivity index (χ0n) is 10.1. The topological polar surface area (TPSA) is 69.6 Å². The number of aromatic nitrogens is 1. The number of rotatable bonds is 2. The average Bonchev–Trinajstić information content (AvgIpc) is 3.01. The highest BCUT2D eigenvalue weighted by Crippen LogP contribution is 2.05. The molecule has 19 heavy (non-hydrogen) atoms. The zero-order valence-corrected chi connectivity index (χ0v) is 11.7. The Morgan fingerprint density at radius 3 is 2.74 bits per heavy atom. The van der Waals surface area contributed by atoms with E-state index < -0.39 is 0 Å². The van der Waals surface area contributed by atoms with Crippen molar-refractivity contribution in [2.45, 2.75) is 13.5 Å². The maximum atomic E-state index is 12.2. The molecule has 2 aromatic rings. The van der Waals surface area contributed by atoms with Crippen molar-refractivity contribution in [2.24, 2.45) is 0 Å². The minimum absolute atomic E-state index is 0.0195. The summed E-state index contributed by atoms with van der Waals surface area (Å²) in [6.07, 6.45) is 1.78. The molecule has 6 heteroatoms. The predicted octanol–water partition coefficient (Wildman–Crippen LogP) is 1.02. The molecule has 0 atom stereocenters. The molecular formula is C13H9N3OS2. The van der Waals surface area contributed by atoms with Crippen molar-refractivity contribution < 1.29 is 0 Å². The van der Waals surface area contributed by atoms with Crippen LogP contribution in [0.25, 0.3) is 11.6 Å². The lowest BCUT2D eigenvalue weighted by Crippen LogP contribution is -2.31. The summed E-state index contributed by atoms with van der Waals surface area (Å²) in [4.78, 5) is 12.2. The molecule has 0 spiro atoms. The Hall–Kier alpha value is -2.15. The van der Waals surface area contributed by atoms with Gasteiger partial charge in [-0.25, -0.2) is 0 Å². The molecular weight excluding hydrogens is 278 g/mol. The van der Waals surface area contributed by atoms with Gasteiger partial charge >= 0.3 is 0 Å². The first kappa shape index (κ1) is 13.3. The molecule has 0 aliphatic rings. The summed E-state index contributed by atoms with van der Waals surface area (Å²) in [6.45, 7) is 2.26. The van der Waals surface area contributed by atoms with Crippen LogP contribution in [-0.2, 0) is 6.54 Å². The molecule has 2 rings (SSSR count). The van der Waals surface area contributed by atoms with Gasteiger partial charge in [-0.15, -0.1) is 11.3 Å². The second-order valence-corrected chi connectivity index (χ2v) is 5.43. The molecule has 0 fully saturated rings. The van der Waals surface area contributed by atoms with Crippen LogP contribution in [0.3, 0.4) is 0 Å². The van der Waals surface area contributed by atoms with E-state index in [9.17, 15) is 4.79 Å². The van der Waals surface area contributed by atoms with Crippen molar-refractivity contribution in [3.63, 3.8) is 0 Å². The van der Waals surface area contributed by atoms with E-state index in [1.165, 1.54) is 15.9 Å². The third kappa shape index (κ3) is 2.50. The Morgan fingerprint density at radius 1 is 1.47 bits per heavy atom. The van der Waals surface area contributed by atoms with Gasteiger partial charge in [0.2, 0.25) is 0 Å². The van der Waals surface area contributed by atoms with Crippen molar-refractivity contribution in [3.05, 3.63) is 41.9 Å². The highest BCUT2D eigenvalue weighted by molar-refractivity contribution is 7.08. The van der Waals surface area contributed by atoms with Gasteiger partial charge in [0.15, 0.2) is 5.57 Å². The molecule has 0 bridgehead atoms. The first-order valence-corrected chi connectivity index (χ1v) is 7.25. The Kier molecular flexibility index (Phi) is 3.96. The maximum Gasteiger partial charge on any atom is 0.269 e. The van der Waals surface area contributed by atoms with Gasteiger partial charge < -0.3 is 0 Å². The quantitative estimate of drug-likeness (QED) is 0.828. The summed E-state index contributed by atoms with van der Waals surface area (Å²) in [7, 11) is 0. The van der Waals surface area contributed by atoms with Crippen LogP contribution >= 0.6 is 22.7 Å². The Balaban J connectivity index is 2.84. The lowest BCUT2D eigenvalue weighted by atomic mass is 10.3. The molecule has 0 N–H and O–H groups in total. The van der Waals surface area contributed by atoms with Crippen LogP contribution < -0.4 is 14.8 Å². The van der Waals surface area contributed by atoms with E-state index in [4.69, 9.17) is 10.5 Å². The fourth-order valence-electron chi connectivity index (χ4n) is 1.62. The summed E-state index contributed by atoms with van der Waals surface area (Å²) >= 11 is 2.74. The van der Waals surface area contributed by atoms with Gasteiger partial charge in [-0.1, -0.05) is 0 Å². The first-order chi connectivity index (χ1) is 9.21. The first-order valence-electron chi connectivity index (χ1n) is 5.49. The minimum atomic E-state index is -0.156. The van der Waals surface area contributed by atoms with E-state index in [1.807, 2.05) is 35.9 Å². The SMILES string of the molecule is CCn1c(=C(C#N)C#N)sc(=Cc2ccsc2)c1=O. The van der Waals surface area contributed by atoms with E-state index in [-0.39, 0.29) is 11.1 Å². The molecule has 0 saturated heterocycles. The monoisotopic (exact) mass is 287 g/mol. The van der Waals surface area contributed by atoms with Gasteiger partial charge in [-0.3, -0.25) is 9.36 Å². The van der Waals surface area contributed by atoms with Crippen LogP contribution in [0.5, 0.6) is 0 Å². The van der Waals surface area contributed by atoms with E-state index in [0.717, 1.165) is 5.56 Å². The number of nitrogens with zero attached hydrogens (tertiary/aromatic N) is 3. The molecule has 2 heterocycles. The lowest BCUT2D eigenvalue weighted by Gasteiger charge is -1.93. The lowest BCUT2D eigenvalue weighted by molar-refractivity contribution is 0.722. The predicted molar refractivity (Wildman–Crippen MR) is 76.0 cm³/mol. The molecule has 0 unspecified atom stereocenters. The van der Waals surface area contributed by atoms with Gasteiger partial charge in [0, 0.05) is 6.54 Å². The van der Waals surface area contributed by atoms with Gasteiger partial charge in [0.05, 0.1) is 4.53 Å². The summed E-state index contributed by atoms with van der Waals surface area (Å²) in [5.74, 6) is 0. The van der Waals surface area contributed by atoms with E-state index in [0.29, 0.717) is 15.7 Å². The van der Waals surface area contributed by atoms with Crippen LogP contribution in [-0.4, -0.2) is 4.57 Å². The summed E-state index contributed by atoms with van der Waals surface area (Å²) in [5, 5.41) is 21.7. The van der Waals surface area contributed by atoms with Crippen molar-refractivity contribution in [3.8, 4) is 12.1 Å². The third-order valence-corrected chi connectivity index (χ3v) is 4.33. The van der Waals surface area contributed by atoms with Gasteiger partial charge in [-0.2, -0.15) is 21.9 Å². The van der Waals surface area contributed by atoms with Gasteiger partial charge in [-0.05, 0) is 35.4 Å². The van der Waals surface area contributed by atoms with Crippen molar-refractivity contribution >= 4 is 34.3 Å². The van der Waals surface area contributed by atoms with Crippen molar-refractivity contribution in [1.82, 2.24) is 4.57 Å². The highest BCUT2D eigenvalue weighted by Gasteiger charge is 2.07. The maximum absolute atomic E-state index is 12.2. The van der Waals surface area contributed by atoms with Crippen LogP contribution in [0.15, 0.2) is 21.6 Å². The van der Waals surface area contributed by atoms with E-state index in [1.54, 1.807) is 17.4 Å². The second-order valence-electron chi connectivity index (χ2n) is 3.62. The van der Waals surface area contributed by atoms with Crippen LogP contribution in [0.4, 0.5) is 0 Å². The number of hydrogen-bond donors (Lipinski definition) is 0. The zero-order chi connectivity index (χ0) is 13.8. The molecule has 94 valence electrons. The molecule has 0 radical (unpaired) electrons. The fraction of sp³-hybridized carbons (Fsp3) is 0.154. The van der Waals surface area contributed by atoms with Gasteiger partial charge in [0.1, 0.15) is 16.8 Å². The second kappa shape index (κ2) is 5.66.